The van der Waals surface area contributed by atoms with Crippen molar-refractivity contribution in [3.05, 3.63) is 76.7 Å². The third-order valence-electron chi connectivity index (χ3n) is 8.39. The fourth-order valence-corrected chi connectivity index (χ4v) is 6.51. The normalized spacial score (nSPS) is 18.4. The summed E-state index contributed by atoms with van der Waals surface area (Å²) in [6.07, 6.45) is 6.16. The second-order valence-corrected chi connectivity index (χ2v) is 13.2. The number of hydrogen-bond acceptors (Lipinski definition) is 8. The van der Waals surface area contributed by atoms with Crippen molar-refractivity contribution < 1.29 is 23.5 Å². The summed E-state index contributed by atoms with van der Waals surface area (Å²) in [5.74, 6) is 0.381. The number of methoxy groups -OCH3 is 1. The van der Waals surface area contributed by atoms with Crippen molar-refractivity contribution in [2.75, 3.05) is 24.3 Å². The fraction of sp³-hybridized carbons (Fsp3) is 0.412. The van der Waals surface area contributed by atoms with E-state index in [1.54, 1.807) is 30.3 Å². The number of rotatable bonds is 13. The van der Waals surface area contributed by atoms with E-state index in [2.05, 4.69) is 21.7 Å². The van der Waals surface area contributed by atoms with E-state index in [4.69, 9.17) is 26.3 Å². The molecule has 0 spiro atoms. The van der Waals surface area contributed by atoms with Gasteiger partial charge in [0.15, 0.2) is 0 Å². The van der Waals surface area contributed by atoms with Crippen LogP contribution in [0.4, 0.5) is 15.8 Å². The number of halogens is 2. The average molecular weight is 651 g/mol. The summed E-state index contributed by atoms with van der Waals surface area (Å²) in [6.45, 7) is 0.593. The van der Waals surface area contributed by atoms with E-state index in [9.17, 15) is 14.0 Å². The molecular weight excluding hydrogens is 615 g/mol. The van der Waals surface area contributed by atoms with Gasteiger partial charge in [0.2, 0.25) is 11.8 Å². The Labute approximate surface area is 272 Å². The smallest absolute Gasteiger partial charge is 0.337 e. The summed E-state index contributed by atoms with van der Waals surface area (Å²) < 4.78 is 25.2. The van der Waals surface area contributed by atoms with E-state index < -0.39 is 5.97 Å². The zero-order valence-corrected chi connectivity index (χ0v) is 26.7. The van der Waals surface area contributed by atoms with Crippen LogP contribution in [0.5, 0.6) is 5.88 Å². The van der Waals surface area contributed by atoms with E-state index >= 15 is 0 Å². The highest BCUT2D eigenvalue weighted by atomic mass is 35.5. The van der Waals surface area contributed by atoms with E-state index in [-0.39, 0.29) is 29.2 Å². The molecule has 8 nitrogen and oxygen atoms in total. The molecule has 2 saturated carbocycles. The second-order valence-electron chi connectivity index (χ2n) is 11.8. The maximum absolute atomic E-state index is 14.1. The number of carbonyl (C=O) groups excluding carboxylic acids is 2. The number of nitrogens with one attached hydrogen (secondary N) is 2. The number of hydrogen-bond donors (Lipinski definition) is 2. The number of nitriles is 1. The fourth-order valence-electron chi connectivity index (χ4n) is 5.52. The van der Waals surface area contributed by atoms with Crippen LogP contribution in [0.1, 0.15) is 67.4 Å². The molecule has 0 radical (unpaired) electrons. The number of thioether (sulfide) groups is 1. The molecule has 1 amide bonds. The predicted octanol–water partition coefficient (Wildman–Crippen LogP) is 8.03. The van der Waals surface area contributed by atoms with Gasteiger partial charge in [-0.15, -0.1) is 11.8 Å². The highest BCUT2D eigenvalue weighted by Gasteiger charge is 2.42. The number of benzene rings is 2. The topological polar surface area (TPSA) is 113 Å². The van der Waals surface area contributed by atoms with Crippen molar-refractivity contribution in [3.63, 3.8) is 0 Å². The minimum Gasteiger partial charge on any atom is -0.474 e. The lowest BCUT2D eigenvalue weighted by atomic mass is 9.85. The number of ether oxygens (including phenoxy) is 2. The molecular formula is C34H36ClFN4O4S. The van der Waals surface area contributed by atoms with Crippen molar-refractivity contribution in [2.45, 2.75) is 68.1 Å². The van der Waals surface area contributed by atoms with Gasteiger partial charge in [0.05, 0.1) is 35.8 Å². The van der Waals surface area contributed by atoms with Gasteiger partial charge in [-0.1, -0.05) is 17.7 Å². The Kier molecular flexibility index (Phi) is 10.8. The lowest BCUT2D eigenvalue weighted by molar-refractivity contribution is -0.117. The summed E-state index contributed by atoms with van der Waals surface area (Å²) in [5.41, 5.74) is 2.36. The molecule has 3 aromatic rings. The zero-order chi connectivity index (χ0) is 31.8. The first-order chi connectivity index (χ1) is 21.8. The molecule has 2 fully saturated rings. The molecule has 2 N–H and O–H groups in total. The maximum Gasteiger partial charge on any atom is 0.337 e. The van der Waals surface area contributed by atoms with Gasteiger partial charge in [0, 0.05) is 46.5 Å². The van der Waals surface area contributed by atoms with E-state index in [0.29, 0.717) is 57.9 Å². The summed E-state index contributed by atoms with van der Waals surface area (Å²) in [4.78, 5) is 30.3. The summed E-state index contributed by atoms with van der Waals surface area (Å²) >= 11 is 7.21. The second kappa shape index (κ2) is 15.0. The van der Waals surface area contributed by atoms with Gasteiger partial charge in [0.25, 0.3) is 0 Å². The SMILES string of the molecule is COC(=O)c1ccc(NC(=O)CC2CCC(Oc3cccc(CSc4ccc(Cl)cc4F)n3)CC2)c(NCC2(CC#N)CC2)c1. The zero-order valence-electron chi connectivity index (χ0n) is 25.1. The molecule has 236 valence electrons. The number of aromatic nitrogens is 1. The molecule has 2 aromatic carbocycles. The Hall–Kier alpha value is -3.81. The molecule has 2 aliphatic carbocycles. The van der Waals surface area contributed by atoms with Crippen molar-refractivity contribution in [1.82, 2.24) is 4.98 Å². The van der Waals surface area contributed by atoms with Crippen LogP contribution >= 0.6 is 23.4 Å². The number of nitrogens with zero attached hydrogens (tertiary/aromatic N) is 2. The van der Waals surface area contributed by atoms with Crippen molar-refractivity contribution in [1.29, 1.82) is 5.26 Å². The molecule has 5 rings (SSSR count). The van der Waals surface area contributed by atoms with Crippen LogP contribution in [-0.2, 0) is 15.3 Å². The van der Waals surface area contributed by atoms with Crippen LogP contribution in [0, 0.1) is 28.5 Å². The summed E-state index contributed by atoms with van der Waals surface area (Å²) in [6, 6.07) is 17.5. The standard InChI is InChI=1S/C34H36ClFN4O4S/c1-43-33(42)23-7-11-28(29(18-23)38-21-34(13-14-34)15-16-37)40-31(41)17-22-5-9-26(10-6-22)44-32-4-2-3-25(39-32)20-45-30-12-8-24(35)19-27(30)36/h2-4,7-8,11-12,18-19,22,26,38H,5-6,9-10,13-15,17,20-21H2,1H3,(H,40,41). The third kappa shape index (κ3) is 9.12. The molecule has 0 saturated heterocycles. The average Bonchev–Trinajstić information content (AvgIpc) is 3.80. The molecule has 0 bridgehead atoms. The third-order valence-corrected chi connectivity index (χ3v) is 9.70. The molecule has 1 aromatic heterocycles. The van der Waals surface area contributed by atoms with Crippen LogP contribution in [0.25, 0.3) is 0 Å². The number of anilines is 2. The van der Waals surface area contributed by atoms with Crippen LogP contribution in [0.2, 0.25) is 5.02 Å². The van der Waals surface area contributed by atoms with Crippen LogP contribution < -0.4 is 15.4 Å². The van der Waals surface area contributed by atoms with Gasteiger partial charge in [-0.25, -0.2) is 14.2 Å². The Bertz CT molecular complexity index is 1570. The first kappa shape index (κ1) is 32.6. The first-order valence-corrected chi connectivity index (χ1v) is 16.5. The lowest BCUT2D eigenvalue weighted by Gasteiger charge is -2.28. The lowest BCUT2D eigenvalue weighted by Crippen LogP contribution is -2.27. The Morgan fingerprint density at radius 3 is 2.62 bits per heavy atom. The Morgan fingerprint density at radius 1 is 1.11 bits per heavy atom. The maximum atomic E-state index is 14.1. The Balaban J connectivity index is 1.11. The predicted molar refractivity (Wildman–Crippen MR) is 173 cm³/mol. The van der Waals surface area contributed by atoms with Gasteiger partial charge in [0.1, 0.15) is 11.9 Å². The van der Waals surface area contributed by atoms with Gasteiger partial charge < -0.3 is 20.1 Å². The Morgan fingerprint density at radius 2 is 1.91 bits per heavy atom. The van der Waals surface area contributed by atoms with Gasteiger partial charge in [-0.3, -0.25) is 4.79 Å². The molecule has 2 aliphatic rings. The monoisotopic (exact) mass is 650 g/mol. The molecule has 0 atom stereocenters. The minimum atomic E-state index is -0.456. The van der Waals surface area contributed by atoms with E-state index in [0.717, 1.165) is 44.2 Å². The van der Waals surface area contributed by atoms with Crippen LogP contribution in [0.15, 0.2) is 59.5 Å². The van der Waals surface area contributed by atoms with Crippen molar-refractivity contribution in [3.8, 4) is 11.9 Å². The largest absolute Gasteiger partial charge is 0.474 e. The van der Waals surface area contributed by atoms with Gasteiger partial charge in [-0.2, -0.15) is 5.26 Å². The number of carbonyl (C=O) groups is 2. The minimum absolute atomic E-state index is 0.0123. The quantitative estimate of drug-likeness (QED) is 0.141. The number of pyridine rings is 1. The summed E-state index contributed by atoms with van der Waals surface area (Å²) in [7, 11) is 1.33. The number of esters is 1. The highest BCUT2D eigenvalue weighted by Crippen LogP contribution is 2.48. The first-order valence-electron chi connectivity index (χ1n) is 15.1. The summed E-state index contributed by atoms with van der Waals surface area (Å²) in [5, 5.41) is 15.9. The van der Waals surface area contributed by atoms with Gasteiger partial charge in [-0.05, 0) is 86.9 Å². The van der Waals surface area contributed by atoms with Crippen LogP contribution in [-0.4, -0.2) is 36.6 Å². The molecule has 11 heteroatoms. The van der Waals surface area contributed by atoms with Crippen LogP contribution in [0.3, 0.4) is 0 Å². The van der Waals surface area contributed by atoms with Gasteiger partial charge >= 0.3 is 5.97 Å². The van der Waals surface area contributed by atoms with Crippen molar-refractivity contribution in [2.24, 2.45) is 11.3 Å². The molecule has 0 unspecified atom stereocenters. The highest BCUT2D eigenvalue weighted by molar-refractivity contribution is 7.98. The molecule has 45 heavy (non-hydrogen) atoms. The number of amides is 1. The van der Waals surface area contributed by atoms with E-state index in [1.165, 1.54) is 24.9 Å². The molecule has 1 heterocycles. The molecule has 0 aliphatic heterocycles. The van der Waals surface area contributed by atoms with E-state index in [1.807, 2.05) is 18.2 Å². The van der Waals surface area contributed by atoms with Crippen molar-refractivity contribution >= 4 is 46.6 Å².